The number of benzene rings is 1. The van der Waals surface area contributed by atoms with Gasteiger partial charge < -0.3 is 10.6 Å². The SMILES string of the molecule is CC(C)(C)Nc1cnnc(NCc2ccccc2Cl)n1. The van der Waals surface area contributed by atoms with E-state index in [0.717, 1.165) is 10.6 Å². The Hall–Kier alpha value is -1.88. The third-order valence-electron chi connectivity index (χ3n) is 2.46. The van der Waals surface area contributed by atoms with Crippen LogP contribution in [-0.2, 0) is 6.54 Å². The fourth-order valence-electron chi connectivity index (χ4n) is 1.64. The van der Waals surface area contributed by atoms with Gasteiger partial charge in [-0.3, -0.25) is 0 Å². The molecule has 2 aromatic rings. The van der Waals surface area contributed by atoms with Crippen LogP contribution in [0.3, 0.4) is 0 Å². The fourth-order valence-corrected chi connectivity index (χ4v) is 1.84. The summed E-state index contributed by atoms with van der Waals surface area (Å²) in [5.41, 5.74) is 0.919. The van der Waals surface area contributed by atoms with E-state index in [1.54, 1.807) is 6.20 Å². The van der Waals surface area contributed by atoms with Crippen LogP contribution in [0.4, 0.5) is 11.8 Å². The van der Waals surface area contributed by atoms with Crippen LogP contribution < -0.4 is 10.6 Å². The molecule has 2 rings (SSSR count). The number of nitrogens with one attached hydrogen (secondary N) is 2. The van der Waals surface area contributed by atoms with Crippen LogP contribution in [0.15, 0.2) is 30.5 Å². The third-order valence-corrected chi connectivity index (χ3v) is 2.83. The Balaban J connectivity index is 2.03. The van der Waals surface area contributed by atoms with E-state index in [0.29, 0.717) is 18.3 Å². The number of anilines is 2. The molecule has 20 heavy (non-hydrogen) atoms. The van der Waals surface area contributed by atoms with Gasteiger partial charge in [-0.15, -0.1) is 5.10 Å². The van der Waals surface area contributed by atoms with Crippen LogP contribution in [0, 0.1) is 0 Å². The van der Waals surface area contributed by atoms with E-state index >= 15 is 0 Å². The van der Waals surface area contributed by atoms with Crippen molar-refractivity contribution < 1.29 is 0 Å². The maximum Gasteiger partial charge on any atom is 0.244 e. The summed E-state index contributed by atoms with van der Waals surface area (Å²) in [6.45, 7) is 6.74. The lowest BCUT2D eigenvalue weighted by Crippen LogP contribution is -2.27. The Labute approximate surface area is 123 Å². The number of nitrogens with zero attached hydrogens (tertiary/aromatic N) is 3. The molecular weight excluding hydrogens is 274 g/mol. The summed E-state index contributed by atoms with van der Waals surface area (Å²) in [6, 6.07) is 7.66. The smallest absolute Gasteiger partial charge is 0.244 e. The van der Waals surface area contributed by atoms with Crippen molar-refractivity contribution in [3.8, 4) is 0 Å². The molecule has 0 atom stereocenters. The standard InChI is InChI=1S/C14H18ClN5/c1-14(2,3)19-12-9-17-20-13(18-12)16-8-10-6-4-5-7-11(10)15/h4-7,9H,8H2,1-3H3,(H2,16,18,19,20). The normalized spacial score (nSPS) is 11.2. The number of rotatable bonds is 4. The molecule has 0 bridgehead atoms. The maximum absolute atomic E-state index is 6.10. The van der Waals surface area contributed by atoms with E-state index in [4.69, 9.17) is 11.6 Å². The highest BCUT2D eigenvalue weighted by atomic mass is 35.5. The van der Waals surface area contributed by atoms with Crippen LogP contribution in [0.2, 0.25) is 5.02 Å². The number of hydrogen-bond donors (Lipinski definition) is 2. The largest absolute Gasteiger partial charge is 0.364 e. The molecular formula is C14H18ClN5. The van der Waals surface area contributed by atoms with Gasteiger partial charge >= 0.3 is 0 Å². The van der Waals surface area contributed by atoms with Gasteiger partial charge in [0.2, 0.25) is 5.95 Å². The number of hydrogen-bond acceptors (Lipinski definition) is 5. The van der Waals surface area contributed by atoms with Crippen LogP contribution in [0.5, 0.6) is 0 Å². The maximum atomic E-state index is 6.10. The molecule has 0 aliphatic rings. The minimum absolute atomic E-state index is 0.0734. The molecule has 6 heteroatoms. The average Bonchev–Trinajstić information content (AvgIpc) is 2.36. The van der Waals surface area contributed by atoms with Gasteiger partial charge in [0.05, 0.1) is 6.20 Å². The van der Waals surface area contributed by atoms with E-state index in [1.807, 2.05) is 24.3 Å². The average molecular weight is 292 g/mol. The Bertz CT molecular complexity index is 580. The lowest BCUT2D eigenvalue weighted by Gasteiger charge is -2.20. The van der Waals surface area contributed by atoms with E-state index < -0.39 is 0 Å². The summed E-state index contributed by atoms with van der Waals surface area (Å²) < 4.78 is 0. The van der Waals surface area contributed by atoms with Crippen molar-refractivity contribution in [1.29, 1.82) is 0 Å². The highest BCUT2D eigenvalue weighted by molar-refractivity contribution is 6.31. The van der Waals surface area contributed by atoms with Gasteiger partial charge in [-0.05, 0) is 32.4 Å². The first kappa shape index (κ1) is 14.5. The van der Waals surface area contributed by atoms with Gasteiger partial charge in [0.15, 0.2) is 5.82 Å². The molecule has 106 valence electrons. The first-order valence-corrected chi connectivity index (χ1v) is 6.77. The van der Waals surface area contributed by atoms with Crippen molar-refractivity contribution in [2.24, 2.45) is 0 Å². The van der Waals surface area contributed by atoms with Crippen LogP contribution in [0.1, 0.15) is 26.3 Å². The highest BCUT2D eigenvalue weighted by Crippen LogP contribution is 2.16. The van der Waals surface area contributed by atoms with E-state index in [9.17, 15) is 0 Å². The molecule has 0 amide bonds. The summed E-state index contributed by atoms with van der Waals surface area (Å²) in [6.07, 6.45) is 1.60. The molecule has 1 heterocycles. The lowest BCUT2D eigenvalue weighted by molar-refractivity contribution is 0.629. The quantitative estimate of drug-likeness (QED) is 0.904. The van der Waals surface area contributed by atoms with Gasteiger partial charge in [0.1, 0.15) is 0 Å². The second kappa shape index (κ2) is 6.05. The number of aromatic nitrogens is 3. The van der Waals surface area contributed by atoms with Crippen LogP contribution in [0.25, 0.3) is 0 Å². The van der Waals surface area contributed by atoms with Gasteiger partial charge in [-0.1, -0.05) is 29.8 Å². The fraction of sp³-hybridized carbons (Fsp3) is 0.357. The van der Waals surface area contributed by atoms with Crippen molar-refractivity contribution in [2.45, 2.75) is 32.9 Å². The molecule has 0 unspecified atom stereocenters. The summed E-state index contributed by atoms with van der Waals surface area (Å²) in [7, 11) is 0. The Morgan fingerprint density at radius 1 is 1.20 bits per heavy atom. The lowest BCUT2D eigenvalue weighted by atomic mass is 10.1. The zero-order chi connectivity index (χ0) is 14.6. The predicted octanol–water partition coefficient (Wildman–Crippen LogP) is 3.35. The molecule has 0 spiro atoms. The van der Waals surface area contributed by atoms with Gasteiger partial charge in [-0.25, -0.2) is 0 Å². The molecule has 2 N–H and O–H groups in total. The van der Waals surface area contributed by atoms with Gasteiger partial charge in [-0.2, -0.15) is 10.1 Å². The molecule has 0 aliphatic carbocycles. The second-order valence-electron chi connectivity index (χ2n) is 5.49. The minimum atomic E-state index is -0.0734. The van der Waals surface area contributed by atoms with Crippen molar-refractivity contribution in [3.05, 3.63) is 41.0 Å². The van der Waals surface area contributed by atoms with Gasteiger partial charge in [0.25, 0.3) is 0 Å². The van der Waals surface area contributed by atoms with Crippen LogP contribution in [-0.4, -0.2) is 20.7 Å². The van der Waals surface area contributed by atoms with Crippen molar-refractivity contribution in [3.63, 3.8) is 0 Å². The molecule has 0 saturated carbocycles. The number of halogens is 1. The van der Waals surface area contributed by atoms with E-state index in [-0.39, 0.29) is 5.54 Å². The molecule has 5 nitrogen and oxygen atoms in total. The van der Waals surface area contributed by atoms with Crippen LogP contribution >= 0.6 is 11.6 Å². The topological polar surface area (TPSA) is 62.7 Å². The minimum Gasteiger partial charge on any atom is -0.364 e. The molecule has 1 aromatic carbocycles. The first-order valence-electron chi connectivity index (χ1n) is 6.39. The summed E-state index contributed by atoms with van der Waals surface area (Å²) >= 11 is 6.10. The summed E-state index contributed by atoms with van der Waals surface area (Å²) in [4.78, 5) is 4.36. The predicted molar refractivity (Wildman–Crippen MR) is 82.0 cm³/mol. The van der Waals surface area contributed by atoms with E-state index in [1.165, 1.54) is 0 Å². The Morgan fingerprint density at radius 2 is 1.95 bits per heavy atom. The molecule has 0 radical (unpaired) electrons. The summed E-state index contributed by atoms with van der Waals surface area (Å²) in [5, 5.41) is 15.0. The first-order chi connectivity index (χ1) is 9.44. The van der Waals surface area contributed by atoms with Crippen molar-refractivity contribution >= 4 is 23.4 Å². The Morgan fingerprint density at radius 3 is 2.65 bits per heavy atom. The molecule has 1 aromatic heterocycles. The Kier molecular flexibility index (Phi) is 4.39. The monoisotopic (exact) mass is 291 g/mol. The third kappa shape index (κ3) is 4.35. The zero-order valence-electron chi connectivity index (χ0n) is 11.8. The van der Waals surface area contributed by atoms with Crippen molar-refractivity contribution in [2.75, 3.05) is 10.6 Å². The van der Waals surface area contributed by atoms with E-state index in [2.05, 4.69) is 46.6 Å². The summed E-state index contributed by atoms with van der Waals surface area (Å²) in [5.74, 6) is 1.16. The molecule has 0 fully saturated rings. The molecule has 0 saturated heterocycles. The van der Waals surface area contributed by atoms with Gasteiger partial charge in [0, 0.05) is 17.1 Å². The highest BCUT2D eigenvalue weighted by Gasteiger charge is 2.11. The second-order valence-corrected chi connectivity index (χ2v) is 5.89. The zero-order valence-corrected chi connectivity index (χ0v) is 12.6. The molecule has 0 aliphatic heterocycles. The van der Waals surface area contributed by atoms with Crippen molar-refractivity contribution in [1.82, 2.24) is 15.2 Å².